The number of halogens is 5. The second kappa shape index (κ2) is 9.77. The van der Waals surface area contributed by atoms with E-state index in [2.05, 4.69) is 0 Å². The van der Waals surface area contributed by atoms with E-state index in [1.807, 2.05) is 31.2 Å². The van der Waals surface area contributed by atoms with Gasteiger partial charge in [0, 0.05) is 17.8 Å². The van der Waals surface area contributed by atoms with E-state index < -0.39 is 41.4 Å². The van der Waals surface area contributed by atoms with E-state index in [0.717, 1.165) is 27.8 Å². The molecule has 2 fully saturated rings. The number of ketones is 1. The fourth-order valence-electron chi connectivity index (χ4n) is 8.04. The molecule has 6 atom stereocenters. The van der Waals surface area contributed by atoms with Gasteiger partial charge in [0.25, 0.3) is 0 Å². The molecular formula is C30H35F5O4. The van der Waals surface area contributed by atoms with Crippen LogP contribution in [-0.2, 0) is 9.53 Å². The third-order valence-corrected chi connectivity index (χ3v) is 10.0. The summed E-state index contributed by atoms with van der Waals surface area (Å²) in [6.07, 6.45) is -3.09. The van der Waals surface area contributed by atoms with E-state index in [1.165, 1.54) is 6.92 Å². The smallest absolute Gasteiger partial charge is 0.394 e. The molecule has 1 aromatic rings. The van der Waals surface area contributed by atoms with Gasteiger partial charge in [-0.2, -0.15) is 22.0 Å². The van der Waals surface area contributed by atoms with Crippen LogP contribution in [0.5, 0.6) is 0 Å². The van der Waals surface area contributed by atoms with Crippen molar-refractivity contribution in [2.45, 2.75) is 88.5 Å². The number of carbonyl (C=O) groups is 1. The van der Waals surface area contributed by atoms with Gasteiger partial charge in [0.1, 0.15) is 5.60 Å². The molecule has 9 heteroatoms. The highest BCUT2D eigenvalue weighted by Crippen LogP contribution is 2.70. The number of benzene rings is 1. The standard InChI is InChI=1S/C30H35F5O4/c1-17(39-14-13-36)18-3-5-19(6-4-18)24-16-27(2)25(11-12-28(27,38)29(31,32)30(33,34)35)23-9-7-20-15-21(37)8-10-22(20)26(23)24/h3-6,15,17,23-25,36,38H,7-14,16H2,1-2H3/t17-,23-,24+,25-,27-,28-/m0/s1. The molecule has 0 unspecified atom stereocenters. The first-order chi connectivity index (χ1) is 18.2. The molecule has 0 spiro atoms. The minimum absolute atomic E-state index is 0.0475. The molecule has 0 radical (unpaired) electrons. The van der Waals surface area contributed by atoms with Gasteiger partial charge < -0.3 is 14.9 Å². The van der Waals surface area contributed by atoms with Crippen LogP contribution in [0, 0.1) is 17.3 Å². The molecule has 0 bridgehead atoms. The van der Waals surface area contributed by atoms with Crippen molar-refractivity contribution in [2.24, 2.45) is 17.3 Å². The fraction of sp³-hybridized carbons (Fsp3) is 0.633. The molecule has 5 rings (SSSR count). The summed E-state index contributed by atoms with van der Waals surface area (Å²) in [6.45, 7) is 3.32. The van der Waals surface area contributed by atoms with Gasteiger partial charge in [0.15, 0.2) is 5.78 Å². The Kier molecular flexibility index (Phi) is 7.12. The number of fused-ring (bicyclic) bond motifs is 4. The van der Waals surface area contributed by atoms with Crippen molar-refractivity contribution in [1.29, 1.82) is 0 Å². The molecule has 0 amide bonds. The molecule has 0 aliphatic heterocycles. The normalized spacial score (nSPS) is 33.8. The second-order valence-corrected chi connectivity index (χ2v) is 11.9. The van der Waals surface area contributed by atoms with E-state index in [4.69, 9.17) is 9.84 Å². The van der Waals surface area contributed by atoms with Crippen molar-refractivity contribution in [3.05, 3.63) is 58.2 Å². The topological polar surface area (TPSA) is 66.8 Å². The quantitative estimate of drug-likeness (QED) is 0.390. The largest absolute Gasteiger partial charge is 0.456 e. The zero-order chi connectivity index (χ0) is 28.4. The Balaban J connectivity index is 1.62. The van der Waals surface area contributed by atoms with Crippen molar-refractivity contribution < 1.29 is 41.7 Å². The van der Waals surface area contributed by atoms with E-state index in [1.54, 1.807) is 6.08 Å². The molecule has 0 aromatic heterocycles. The molecule has 4 aliphatic carbocycles. The SMILES string of the molecule is C[C@H](OCCO)c1ccc([C@H]2C[C@@]3(C)[C@@H](CC[C@@]3(O)C(F)(F)C(F)(F)F)[C@@H]3CCC4=CC(=O)CCC4=C32)cc1. The maximum absolute atomic E-state index is 15.1. The summed E-state index contributed by atoms with van der Waals surface area (Å²) in [7, 11) is 0. The molecule has 0 saturated heterocycles. The summed E-state index contributed by atoms with van der Waals surface area (Å²) in [4.78, 5) is 12.2. The molecule has 0 heterocycles. The number of ether oxygens (including phenoxy) is 1. The number of rotatable bonds is 6. The van der Waals surface area contributed by atoms with E-state index >= 15 is 8.78 Å². The van der Waals surface area contributed by atoms with Crippen LogP contribution in [0.3, 0.4) is 0 Å². The third kappa shape index (κ3) is 4.30. The monoisotopic (exact) mass is 554 g/mol. The minimum Gasteiger partial charge on any atom is -0.394 e. The van der Waals surface area contributed by atoms with Gasteiger partial charge in [-0.25, -0.2) is 0 Å². The number of hydrogen-bond acceptors (Lipinski definition) is 4. The van der Waals surface area contributed by atoms with Gasteiger partial charge in [-0.3, -0.25) is 4.79 Å². The van der Waals surface area contributed by atoms with Crippen molar-refractivity contribution in [2.75, 3.05) is 13.2 Å². The molecule has 4 nitrogen and oxygen atoms in total. The lowest BCUT2D eigenvalue weighted by Gasteiger charge is -2.56. The Labute approximate surface area is 224 Å². The molecule has 1 aromatic carbocycles. The average molecular weight is 555 g/mol. The molecule has 4 aliphatic rings. The summed E-state index contributed by atoms with van der Waals surface area (Å²) in [5.41, 5.74) is -0.241. The summed E-state index contributed by atoms with van der Waals surface area (Å²) < 4.78 is 76.8. The molecule has 214 valence electrons. The lowest BCUT2D eigenvalue weighted by Crippen LogP contribution is -2.65. The molecule has 2 saturated carbocycles. The highest BCUT2D eigenvalue weighted by Gasteiger charge is 2.79. The van der Waals surface area contributed by atoms with E-state index in [-0.39, 0.29) is 43.9 Å². The van der Waals surface area contributed by atoms with Crippen LogP contribution in [0.1, 0.15) is 81.9 Å². The Bertz CT molecular complexity index is 1190. The number of alkyl halides is 5. The molecule has 2 N–H and O–H groups in total. The van der Waals surface area contributed by atoms with Crippen LogP contribution in [-0.4, -0.2) is 46.9 Å². The van der Waals surface area contributed by atoms with Crippen LogP contribution in [0.2, 0.25) is 0 Å². The number of aliphatic hydroxyl groups is 2. The highest BCUT2D eigenvalue weighted by atomic mass is 19.4. The van der Waals surface area contributed by atoms with Gasteiger partial charge in [0.2, 0.25) is 0 Å². The summed E-state index contributed by atoms with van der Waals surface area (Å²) in [5.74, 6) is -6.46. The third-order valence-electron chi connectivity index (χ3n) is 10.0. The van der Waals surface area contributed by atoms with Gasteiger partial charge in [-0.05, 0) is 85.6 Å². The van der Waals surface area contributed by atoms with Crippen LogP contribution in [0.15, 0.2) is 47.1 Å². The van der Waals surface area contributed by atoms with Gasteiger partial charge in [-0.1, -0.05) is 36.8 Å². The second-order valence-electron chi connectivity index (χ2n) is 11.9. The number of aliphatic hydroxyl groups excluding tert-OH is 1. The van der Waals surface area contributed by atoms with Crippen molar-refractivity contribution in [1.82, 2.24) is 0 Å². The van der Waals surface area contributed by atoms with Crippen molar-refractivity contribution >= 4 is 5.78 Å². The number of carbonyl (C=O) groups excluding carboxylic acids is 1. The molecular weight excluding hydrogens is 519 g/mol. The van der Waals surface area contributed by atoms with Crippen molar-refractivity contribution in [3.8, 4) is 0 Å². The number of allylic oxidation sites excluding steroid dienone is 4. The predicted molar refractivity (Wildman–Crippen MR) is 134 cm³/mol. The Morgan fingerprint density at radius 1 is 1.08 bits per heavy atom. The Hall–Kier alpha value is -2.10. The zero-order valence-electron chi connectivity index (χ0n) is 22.2. The summed E-state index contributed by atoms with van der Waals surface area (Å²) in [5, 5.41) is 20.4. The summed E-state index contributed by atoms with van der Waals surface area (Å²) in [6, 6.07) is 7.41. The highest BCUT2D eigenvalue weighted by molar-refractivity contribution is 5.93. The number of hydrogen-bond donors (Lipinski definition) is 2. The van der Waals surface area contributed by atoms with Gasteiger partial charge in [0.05, 0.1) is 19.3 Å². The first-order valence-electron chi connectivity index (χ1n) is 13.7. The van der Waals surface area contributed by atoms with Gasteiger partial charge >= 0.3 is 12.1 Å². The van der Waals surface area contributed by atoms with Crippen molar-refractivity contribution in [3.63, 3.8) is 0 Å². The van der Waals surface area contributed by atoms with Crippen LogP contribution in [0.25, 0.3) is 0 Å². The lowest BCUT2D eigenvalue weighted by atomic mass is 9.50. The Morgan fingerprint density at radius 2 is 1.77 bits per heavy atom. The average Bonchev–Trinajstić information content (AvgIpc) is 3.17. The fourth-order valence-corrected chi connectivity index (χ4v) is 8.04. The van der Waals surface area contributed by atoms with E-state index in [9.17, 15) is 23.1 Å². The predicted octanol–water partition coefficient (Wildman–Crippen LogP) is 6.58. The maximum atomic E-state index is 15.1. The van der Waals surface area contributed by atoms with Crippen LogP contribution in [0.4, 0.5) is 22.0 Å². The zero-order valence-corrected chi connectivity index (χ0v) is 22.2. The van der Waals surface area contributed by atoms with Crippen LogP contribution >= 0.6 is 0 Å². The minimum atomic E-state index is -5.87. The van der Waals surface area contributed by atoms with E-state index in [0.29, 0.717) is 25.7 Å². The first-order valence-corrected chi connectivity index (χ1v) is 13.7. The van der Waals surface area contributed by atoms with Gasteiger partial charge in [-0.15, -0.1) is 0 Å². The molecule has 39 heavy (non-hydrogen) atoms. The van der Waals surface area contributed by atoms with Crippen LogP contribution < -0.4 is 0 Å². The Morgan fingerprint density at radius 3 is 2.41 bits per heavy atom. The summed E-state index contributed by atoms with van der Waals surface area (Å²) >= 11 is 0. The lowest BCUT2D eigenvalue weighted by molar-refractivity contribution is -0.362. The first kappa shape index (κ1) is 28.4. The maximum Gasteiger partial charge on any atom is 0.456 e.